The SMILES string of the molecule is CC[C@H](C)[C@H](NC(=O)[C@@H](CCCN=C(N)N)NC(=O)[C@H](CC(C)C)NC(=O)[C@@H](C)[C@H](O)C(C)C)C(=O)N[C@H](C(=O)NCC(=O)N[C@H](C(=O)N[C@@H](CO)C(=O)O[C@H](c1ccccc1)[C@H](NC(=O)[C@@H](N)CC(C)C)C(N)=O)[C@H](O)C(N)=O)[C@H](C)O. The fourth-order valence-electron chi connectivity index (χ4n) is 8.13. The van der Waals surface area contributed by atoms with Gasteiger partial charge < -0.3 is 96.4 Å². The summed E-state index contributed by atoms with van der Waals surface area (Å²) in [6.07, 6.45) is -6.24. The van der Waals surface area contributed by atoms with Crippen molar-refractivity contribution in [3.8, 4) is 0 Å². The summed E-state index contributed by atoms with van der Waals surface area (Å²) in [5, 5.41) is 60.9. The van der Waals surface area contributed by atoms with E-state index in [2.05, 4.69) is 36.9 Å². The van der Waals surface area contributed by atoms with E-state index in [4.69, 9.17) is 33.4 Å². The van der Waals surface area contributed by atoms with Gasteiger partial charge in [-0.3, -0.25) is 52.9 Å². The lowest BCUT2D eigenvalue weighted by atomic mass is 9.93. The Kier molecular flexibility index (Phi) is 32.0. The predicted octanol–water partition coefficient (Wildman–Crippen LogP) is -5.34. The molecule has 0 heterocycles. The first-order valence-electron chi connectivity index (χ1n) is 27.4. The van der Waals surface area contributed by atoms with E-state index >= 15 is 0 Å². The number of nitrogens with zero attached hydrogens (tertiary/aromatic N) is 1. The molecule has 30 nitrogen and oxygen atoms in total. The first-order chi connectivity index (χ1) is 38.7. The van der Waals surface area contributed by atoms with Gasteiger partial charge in [0.1, 0.15) is 36.3 Å². The predicted molar refractivity (Wildman–Crippen MR) is 301 cm³/mol. The quantitative estimate of drug-likeness (QED) is 0.0128. The van der Waals surface area contributed by atoms with E-state index in [0.29, 0.717) is 0 Å². The van der Waals surface area contributed by atoms with Crippen LogP contribution in [0.2, 0.25) is 0 Å². The standard InChI is InChI=1S/C53H90N14O16/c1-11-27(8)36(65-47(77)32(18-15-19-59-53(57)58)61-48(78)33(21-25(4)5)62-45(75)28(9)40(71)26(6)7)50(80)66-37(29(10)69)49(79)60-22-35(70)64-38(41(72)44(56)74)51(81)63-34(23-68)52(82)83-42(30-16-13-12-14-17-30)39(43(55)73)67-46(76)31(54)20-24(2)3/h12-14,16-17,24-29,31-34,36-42,68-69,71-72H,11,15,18-23,54H2,1-10H3,(H2,55,73)(H2,56,74)(H,60,79)(H,61,78)(H,62,75)(H,63,81)(H,64,70)(H,65,77)(H,66,80)(H,67,76)(H4,57,58,59)/t27-,28-,29-,31-,32+,33-,34-,36-,37-,38-,39-,40+,41-,42+/m0/s1. The third kappa shape index (κ3) is 25.2. The second kappa shape index (κ2) is 36.1. The highest BCUT2D eigenvalue weighted by molar-refractivity contribution is 5.99. The minimum Gasteiger partial charge on any atom is -0.453 e. The molecule has 1 aromatic carbocycles. The number of aliphatic hydroxyl groups is 4. The van der Waals surface area contributed by atoms with Crippen LogP contribution >= 0.6 is 0 Å². The number of nitrogens with two attached hydrogens (primary N) is 5. The summed E-state index contributed by atoms with van der Waals surface area (Å²) >= 11 is 0. The zero-order valence-corrected chi connectivity index (χ0v) is 48.9. The Morgan fingerprint density at radius 1 is 0.590 bits per heavy atom. The highest BCUT2D eigenvalue weighted by Gasteiger charge is 2.40. The van der Waals surface area contributed by atoms with Gasteiger partial charge in [0, 0.05) is 6.54 Å². The lowest BCUT2D eigenvalue weighted by Crippen LogP contribution is -2.62. The fourth-order valence-corrected chi connectivity index (χ4v) is 8.13. The van der Waals surface area contributed by atoms with Gasteiger partial charge in [-0.2, -0.15) is 0 Å². The number of esters is 1. The van der Waals surface area contributed by atoms with Crippen molar-refractivity contribution >= 4 is 71.0 Å². The number of carbonyl (C=O) groups excluding carboxylic acids is 11. The fraction of sp³-hybridized carbons (Fsp3) is 0.660. The summed E-state index contributed by atoms with van der Waals surface area (Å²) in [6, 6.07) is -5.61. The molecule has 0 aliphatic rings. The van der Waals surface area contributed by atoms with Crippen molar-refractivity contribution in [2.45, 2.75) is 174 Å². The van der Waals surface area contributed by atoms with E-state index in [0.717, 1.165) is 6.92 Å². The van der Waals surface area contributed by atoms with Crippen LogP contribution in [0.15, 0.2) is 35.3 Å². The Morgan fingerprint density at radius 2 is 1.12 bits per heavy atom. The number of ether oxygens (including phenoxy) is 1. The van der Waals surface area contributed by atoms with Crippen LogP contribution in [0.3, 0.4) is 0 Å². The average Bonchev–Trinajstić information content (AvgIpc) is 3.52. The smallest absolute Gasteiger partial charge is 0.331 e. The maximum Gasteiger partial charge on any atom is 0.331 e. The maximum atomic E-state index is 14.1. The van der Waals surface area contributed by atoms with Crippen molar-refractivity contribution in [2.75, 3.05) is 19.7 Å². The van der Waals surface area contributed by atoms with Crippen LogP contribution in [0, 0.1) is 29.6 Å². The molecule has 0 saturated carbocycles. The lowest BCUT2D eigenvalue weighted by molar-refractivity contribution is -0.158. The molecule has 0 spiro atoms. The van der Waals surface area contributed by atoms with Crippen molar-refractivity contribution < 1.29 is 77.9 Å². The minimum absolute atomic E-state index is 0.0349. The number of primary amides is 2. The van der Waals surface area contributed by atoms with Crippen LogP contribution in [-0.4, -0.2) is 178 Å². The van der Waals surface area contributed by atoms with Gasteiger partial charge in [-0.1, -0.05) is 99.1 Å². The average molecular weight is 1180 g/mol. The summed E-state index contributed by atoms with van der Waals surface area (Å²) in [5.74, 6) is -14.5. The van der Waals surface area contributed by atoms with Crippen LogP contribution in [0.1, 0.15) is 113 Å². The lowest BCUT2D eigenvalue weighted by Gasteiger charge is -2.30. The molecule has 0 bridgehead atoms. The van der Waals surface area contributed by atoms with Gasteiger partial charge in [0.05, 0.1) is 37.3 Å². The van der Waals surface area contributed by atoms with Crippen LogP contribution in [0.4, 0.5) is 0 Å². The normalized spacial score (nSPS) is 16.4. The monoisotopic (exact) mass is 1180 g/mol. The van der Waals surface area contributed by atoms with E-state index in [1.165, 1.54) is 31.2 Å². The number of guanidine groups is 1. The van der Waals surface area contributed by atoms with Gasteiger partial charge in [0.15, 0.2) is 24.2 Å². The number of nitrogens with one attached hydrogen (secondary N) is 8. The molecule has 0 saturated heterocycles. The van der Waals surface area contributed by atoms with Crippen LogP contribution < -0.4 is 71.2 Å². The first-order valence-corrected chi connectivity index (χ1v) is 27.4. The Morgan fingerprint density at radius 3 is 1.63 bits per heavy atom. The molecular formula is C53H90N14O16. The van der Waals surface area contributed by atoms with Crippen molar-refractivity contribution in [1.82, 2.24) is 42.5 Å². The van der Waals surface area contributed by atoms with E-state index < -0.39 is 163 Å². The van der Waals surface area contributed by atoms with Gasteiger partial charge in [0.2, 0.25) is 59.1 Å². The number of benzene rings is 1. The van der Waals surface area contributed by atoms with Gasteiger partial charge in [-0.25, -0.2) is 4.79 Å². The molecule has 0 aromatic heterocycles. The second-order valence-electron chi connectivity index (χ2n) is 21.6. The summed E-state index contributed by atoms with van der Waals surface area (Å²) in [5.41, 5.74) is 28.0. The molecule has 83 heavy (non-hydrogen) atoms. The minimum atomic E-state index is -2.52. The van der Waals surface area contributed by atoms with Crippen LogP contribution in [-0.2, 0) is 57.5 Å². The number of aliphatic imine (C=N–C) groups is 1. The van der Waals surface area contributed by atoms with Crippen molar-refractivity contribution in [3.05, 3.63) is 35.9 Å². The van der Waals surface area contributed by atoms with E-state index in [1.807, 2.05) is 24.5 Å². The summed E-state index contributed by atoms with van der Waals surface area (Å²) in [6.45, 7) is 14.3. The second-order valence-corrected chi connectivity index (χ2v) is 21.6. The molecule has 10 amide bonds. The van der Waals surface area contributed by atoms with Crippen molar-refractivity contribution in [1.29, 1.82) is 0 Å². The molecule has 22 N–H and O–H groups in total. The zero-order valence-electron chi connectivity index (χ0n) is 48.9. The van der Waals surface area contributed by atoms with Gasteiger partial charge in [0.25, 0.3) is 0 Å². The molecule has 14 atom stereocenters. The number of amides is 10. The molecule has 0 fully saturated rings. The summed E-state index contributed by atoms with van der Waals surface area (Å²) in [4.78, 5) is 151. The Bertz CT molecular complexity index is 2370. The topological polar surface area (TPSA) is 517 Å². The highest BCUT2D eigenvalue weighted by Crippen LogP contribution is 2.23. The molecule has 0 radical (unpaired) electrons. The Balaban J connectivity index is 3.39. The molecule has 468 valence electrons. The number of hydrogen-bond acceptors (Lipinski definition) is 18. The third-order valence-corrected chi connectivity index (χ3v) is 13.1. The zero-order chi connectivity index (χ0) is 63.6. The number of rotatable bonds is 37. The van der Waals surface area contributed by atoms with Crippen LogP contribution in [0.25, 0.3) is 0 Å². The molecular weight excluding hydrogens is 1090 g/mol. The summed E-state index contributed by atoms with van der Waals surface area (Å²) < 4.78 is 5.55. The number of aliphatic hydroxyl groups excluding tert-OH is 4. The van der Waals surface area contributed by atoms with Gasteiger partial charge in [-0.05, 0) is 61.8 Å². The first kappa shape index (κ1) is 73.5. The molecule has 0 aliphatic carbocycles. The van der Waals surface area contributed by atoms with E-state index in [1.54, 1.807) is 47.6 Å². The molecule has 0 unspecified atom stereocenters. The molecule has 0 aliphatic heterocycles. The molecule has 1 aromatic rings. The molecule has 1 rings (SSSR count). The van der Waals surface area contributed by atoms with E-state index in [-0.39, 0.29) is 67.9 Å². The number of hydrogen-bond donors (Lipinski definition) is 17. The number of carbonyl (C=O) groups is 11. The summed E-state index contributed by atoms with van der Waals surface area (Å²) in [7, 11) is 0. The maximum absolute atomic E-state index is 14.1. The van der Waals surface area contributed by atoms with Gasteiger partial charge >= 0.3 is 5.97 Å². The largest absolute Gasteiger partial charge is 0.453 e. The van der Waals surface area contributed by atoms with Gasteiger partial charge in [-0.15, -0.1) is 0 Å². The Labute approximate surface area is 483 Å². The third-order valence-electron chi connectivity index (χ3n) is 13.1. The highest BCUT2D eigenvalue weighted by atomic mass is 16.5. The van der Waals surface area contributed by atoms with E-state index in [9.17, 15) is 73.2 Å². The van der Waals surface area contributed by atoms with Crippen molar-refractivity contribution in [2.24, 2.45) is 63.3 Å². The van der Waals surface area contributed by atoms with Crippen LogP contribution in [0.5, 0.6) is 0 Å². The Hall–Kier alpha value is -7.54. The molecule has 30 heteroatoms. The van der Waals surface area contributed by atoms with Crippen molar-refractivity contribution in [3.63, 3.8) is 0 Å².